The molecule has 3 rings (SSSR count). The number of phenols is 1. The van der Waals surface area contributed by atoms with Crippen LogP contribution in [0.25, 0.3) is 0 Å². The quantitative estimate of drug-likeness (QED) is 0.340. The molecular formula is C27H36N2O4. The van der Waals surface area contributed by atoms with Gasteiger partial charge in [-0.3, -0.25) is 9.69 Å². The minimum absolute atomic E-state index is 0.0703. The molecule has 2 N–H and O–H groups in total. The summed E-state index contributed by atoms with van der Waals surface area (Å²) in [4.78, 5) is 28.8. The molecule has 0 saturated carbocycles. The number of hydrogen-bond acceptors (Lipinski definition) is 5. The Morgan fingerprint density at radius 2 is 1.64 bits per heavy atom. The molecule has 0 bridgehead atoms. The van der Waals surface area contributed by atoms with Crippen molar-refractivity contribution in [3.05, 3.63) is 59.7 Å². The third kappa shape index (κ3) is 7.06. The van der Waals surface area contributed by atoms with E-state index in [0.717, 1.165) is 45.4 Å². The lowest BCUT2D eigenvalue weighted by atomic mass is 9.98. The number of aromatic hydroxyl groups is 1. The molecule has 1 unspecified atom stereocenters. The van der Waals surface area contributed by atoms with Gasteiger partial charge < -0.3 is 15.1 Å². The first-order valence-corrected chi connectivity index (χ1v) is 12.1. The van der Waals surface area contributed by atoms with Crippen molar-refractivity contribution < 1.29 is 19.8 Å². The minimum atomic E-state index is -1.23. The number of hydrogen-bond donors (Lipinski definition) is 2. The van der Waals surface area contributed by atoms with E-state index in [2.05, 4.69) is 47.1 Å². The number of anilines is 1. The highest BCUT2D eigenvalue weighted by atomic mass is 16.4. The maximum absolute atomic E-state index is 12.5. The lowest BCUT2D eigenvalue weighted by molar-refractivity contribution is 0.0693. The van der Waals surface area contributed by atoms with Crippen molar-refractivity contribution in [1.29, 1.82) is 0 Å². The first-order chi connectivity index (χ1) is 16.0. The molecule has 1 aliphatic heterocycles. The van der Waals surface area contributed by atoms with Gasteiger partial charge >= 0.3 is 5.97 Å². The van der Waals surface area contributed by atoms with Crippen molar-refractivity contribution in [2.75, 3.05) is 31.1 Å². The molecule has 1 saturated heterocycles. The third-order valence-electron chi connectivity index (χ3n) is 6.58. The number of carbonyl (C=O) groups excluding carboxylic acids is 1. The van der Waals surface area contributed by atoms with E-state index in [0.29, 0.717) is 18.0 Å². The molecule has 2 aromatic carbocycles. The zero-order valence-corrected chi connectivity index (χ0v) is 19.6. The number of aromatic carboxylic acids is 1. The van der Waals surface area contributed by atoms with Crippen molar-refractivity contribution in [1.82, 2.24) is 4.90 Å². The molecule has 1 heterocycles. The van der Waals surface area contributed by atoms with Crippen LogP contribution in [0.2, 0.25) is 0 Å². The Hall–Kier alpha value is -2.86. The Morgan fingerprint density at radius 3 is 2.30 bits per heavy atom. The Labute approximate surface area is 196 Å². The van der Waals surface area contributed by atoms with Crippen LogP contribution in [0.1, 0.15) is 72.6 Å². The second-order valence-corrected chi connectivity index (χ2v) is 8.86. The van der Waals surface area contributed by atoms with Crippen molar-refractivity contribution in [3.8, 4) is 5.75 Å². The topological polar surface area (TPSA) is 81.1 Å². The van der Waals surface area contributed by atoms with Crippen molar-refractivity contribution >= 4 is 17.4 Å². The van der Waals surface area contributed by atoms with Gasteiger partial charge in [0.2, 0.25) is 0 Å². The summed E-state index contributed by atoms with van der Waals surface area (Å²) in [6.07, 6.45) is 6.83. The zero-order valence-electron chi connectivity index (χ0n) is 19.6. The van der Waals surface area contributed by atoms with Crippen LogP contribution >= 0.6 is 0 Å². The molecule has 0 aliphatic carbocycles. The monoisotopic (exact) mass is 452 g/mol. The van der Waals surface area contributed by atoms with E-state index in [4.69, 9.17) is 5.11 Å². The summed E-state index contributed by atoms with van der Waals surface area (Å²) in [5.41, 5.74) is 1.42. The summed E-state index contributed by atoms with van der Waals surface area (Å²) in [7, 11) is 0. The molecule has 0 amide bonds. The number of benzene rings is 2. The molecule has 33 heavy (non-hydrogen) atoms. The van der Waals surface area contributed by atoms with Gasteiger partial charge in [0.15, 0.2) is 5.78 Å². The van der Waals surface area contributed by atoms with E-state index in [-0.39, 0.29) is 17.1 Å². The number of rotatable bonds is 12. The lowest BCUT2D eigenvalue weighted by Gasteiger charge is -2.40. The van der Waals surface area contributed by atoms with Crippen molar-refractivity contribution in [3.63, 3.8) is 0 Å². The van der Waals surface area contributed by atoms with Crippen molar-refractivity contribution in [2.24, 2.45) is 0 Å². The van der Waals surface area contributed by atoms with Crippen LogP contribution in [0.4, 0.5) is 5.69 Å². The maximum atomic E-state index is 12.5. The van der Waals surface area contributed by atoms with E-state index < -0.39 is 5.97 Å². The summed E-state index contributed by atoms with van der Waals surface area (Å²) < 4.78 is 0. The Kier molecular flexibility index (Phi) is 9.31. The number of piperazine rings is 1. The maximum Gasteiger partial charge on any atom is 0.339 e. The predicted molar refractivity (Wildman–Crippen MR) is 131 cm³/mol. The van der Waals surface area contributed by atoms with Crippen LogP contribution in [0.3, 0.4) is 0 Å². The SMILES string of the molecule is CCCCC(CCCCC(=O)c1ccc(O)c(C(=O)O)c1)N1CCN(c2ccccc2)CC1. The van der Waals surface area contributed by atoms with Crippen LogP contribution in [-0.4, -0.2) is 59.1 Å². The third-order valence-corrected chi connectivity index (χ3v) is 6.58. The van der Waals surface area contributed by atoms with E-state index in [9.17, 15) is 14.7 Å². The van der Waals surface area contributed by atoms with E-state index in [1.54, 1.807) is 0 Å². The smallest absolute Gasteiger partial charge is 0.339 e. The highest BCUT2D eigenvalue weighted by molar-refractivity contribution is 5.99. The van der Waals surface area contributed by atoms with Gasteiger partial charge in [0.1, 0.15) is 11.3 Å². The number of carbonyl (C=O) groups is 2. The van der Waals surface area contributed by atoms with Gasteiger partial charge in [0, 0.05) is 49.9 Å². The average molecular weight is 453 g/mol. The summed E-state index contributed by atoms with van der Waals surface area (Å²) in [6.45, 7) is 6.43. The molecule has 1 aliphatic rings. The molecule has 6 heteroatoms. The molecule has 0 aromatic heterocycles. The van der Waals surface area contributed by atoms with Crippen LogP contribution in [0.15, 0.2) is 48.5 Å². The summed E-state index contributed by atoms with van der Waals surface area (Å²) in [5, 5.41) is 18.8. The van der Waals surface area contributed by atoms with Crippen LogP contribution < -0.4 is 4.90 Å². The highest BCUT2D eigenvalue weighted by Crippen LogP contribution is 2.23. The van der Waals surface area contributed by atoms with Gasteiger partial charge in [-0.25, -0.2) is 4.79 Å². The largest absolute Gasteiger partial charge is 0.507 e. The standard InChI is InChI=1S/C27H36N2O4/c1-2-3-9-22(28-16-18-29(19-17-28)23-10-5-4-6-11-23)12-7-8-13-25(30)21-14-15-26(31)24(20-21)27(32)33/h4-6,10-11,14-15,20,22,31H,2-3,7-9,12-13,16-19H2,1H3,(H,32,33). The molecule has 178 valence electrons. The summed E-state index contributed by atoms with van der Waals surface area (Å²) >= 11 is 0. The normalized spacial score (nSPS) is 15.4. The lowest BCUT2D eigenvalue weighted by Crippen LogP contribution is -2.50. The van der Waals surface area contributed by atoms with E-state index in [1.807, 2.05) is 0 Å². The van der Waals surface area contributed by atoms with Gasteiger partial charge in [-0.1, -0.05) is 44.4 Å². The van der Waals surface area contributed by atoms with Gasteiger partial charge in [0.05, 0.1) is 0 Å². The highest BCUT2D eigenvalue weighted by Gasteiger charge is 2.23. The fraction of sp³-hybridized carbons (Fsp3) is 0.481. The molecular weight excluding hydrogens is 416 g/mol. The predicted octanol–water partition coefficient (Wildman–Crippen LogP) is 5.21. The number of carboxylic acid groups (broad SMARTS) is 1. The average Bonchev–Trinajstić information content (AvgIpc) is 2.84. The summed E-state index contributed by atoms with van der Waals surface area (Å²) in [6, 6.07) is 15.2. The van der Waals surface area contributed by atoms with Gasteiger partial charge in [-0.2, -0.15) is 0 Å². The second kappa shape index (κ2) is 12.4. The Morgan fingerprint density at radius 1 is 0.939 bits per heavy atom. The summed E-state index contributed by atoms with van der Waals surface area (Å²) in [5.74, 6) is -1.61. The fourth-order valence-electron chi connectivity index (χ4n) is 4.62. The molecule has 0 spiro atoms. The fourth-order valence-corrected chi connectivity index (χ4v) is 4.62. The first-order valence-electron chi connectivity index (χ1n) is 12.1. The van der Waals surface area contributed by atoms with Crippen molar-refractivity contribution in [2.45, 2.75) is 57.9 Å². The number of nitrogens with zero attached hydrogens (tertiary/aromatic N) is 2. The molecule has 1 fully saturated rings. The van der Waals surface area contributed by atoms with Gasteiger partial charge in [-0.05, 0) is 49.6 Å². The number of Topliss-reactive ketones (excluding diaryl/α,β-unsaturated/α-hetero) is 1. The van der Waals surface area contributed by atoms with Gasteiger partial charge in [-0.15, -0.1) is 0 Å². The minimum Gasteiger partial charge on any atom is -0.507 e. The number of unbranched alkanes of at least 4 members (excludes halogenated alkanes) is 2. The number of para-hydroxylation sites is 1. The second-order valence-electron chi connectivity index (χ2n) is 8.86. The first kappa shape index (κ1) is 24.8. The molecule has 1 atom stereocenters. The number of ketones is 1. The van der Waals surface area contributed by atoms with Gasteiger partial charge in [0.25, 0.3) is 0 Å². The number of carboxylic acids is 1. The van der Waals surface area contributed by atoms with Crippen LogP contribution in [0.5, 0.6) is 5.75 Å². The Bertz CT molecular complexity index is 908. The van der Waals surface area contributed by atoms with E-state index in [1.165, 1.54) is 43.1 Å². The molecule has 0 radical (unpaired) electrons. The molecule has 6 nitrogen and oxygen atoms in total. The Balaban J connectivity index is 1.47. The van der Waals surface area contributed by atoms with E-state index >= 15 is 0 Å². The van der Waals surface area contributed by atoms with Crippen LogP contribution in [-0.2, 0) is 0 Å². The zero-order chi connectivity index (χ0) is 23.6. The molecule has 2 aromatic rings. The van der Waals surface area contributed by atoms with Crippen LogP contribution in [0, 0.1) is 0 Å².